The molecule has 2 N–H and O–H groups in total. The number of esters is 1. The Hall–Kier alpha value is -2.40. The van der Waals surface area contributed by atoms with E-state index in [0.717, 1.165) is 4.88 Å². The molecule has 7 nitrogen and oxygen atoms in total. The van der Waals surface area contributed by atoms with Crippen LogP contribution in [-0.2, 0) is 21.2 Å². The van der Waals surface area contributed by atoms with E-state index in [9.17, 15) is 18.0 Å². The molecule has 0 saturated carbocycles. The zero-order valence-corrected chi connectivity index (χ0v) is 21.6. The second kappa shape index (κ2) is 10.7. The topological polar surface area (TPSA) is 102 Å². The molecule has 0 atom stereocenters. The highest BCUT2D eigenvalue weighted by Crippen LogP contribution is 2.31. The van der Waals surface area contributed by atoms with E-state index >= 15 is 0 Å². The van der Waals surface area contributed by atoms with Crippen LogP contribution in [0.2, 0.25) is 5.02 Å². The first-order valence-corrected chi connectivity index (χ1v) is 13.3. The Balaban J connectivity index is 1.94. The second-order valence-electron chi connectivity index (χ2n) is 6.73. The minimum absolute atomic E-state index is 0.00313. The van der Waals surface area contributed by atoms with E-state index in [-0.39, 0.29) is 28.3 Å². The maximum absolute atomic E-state index is 13.2. The molecule has 0 aliphatic carbocycles. The quantitative estimate of drug-likeness (QED) is 0.325. The van der Waals surface area contributed by atoms with Crippen molar-refractivity contribution in [2.24, 2.45) is 0 Å². The van der Waals surface area contributed by atoms with Gasteiger partial charge in [-0.1, -0.05) is 34.5 Å². The fourth-order valence-corrected chi connectivity index (χ4v) is 5.40. The summed E-state index contributed by atoms with van der Waals surface area (Å²) in [4.78, 5) is 26.4. The molecule has 0 spiro atoms. The third-order valence-electron chi connectivity index (χ3n) is 4.45. The predicted molar refractivity (Wildman–Crippen MR) is 134 cm³/mol. The van der Waals surface area contributed by atoms with Crippen LogP contribution in [0.3, 0.4) is 0 Å². The lowest BCUT2D eigenvalue weighted by Gasteiger charge is -2.13. The number of thiophene rings is 1. The van der Waals surface area contributed by atoms with E-state index < -0.39 is 21.9 Å². The molecule has 2 aromatic carbocycles. The van der Waals surface area contributed by atoms with Crippen LogP contribution >= 0.6 is 38.9 Å². The molecule has 174 valence electrons. The lowest BCUT2D eigenvalue weighted by Crippen LogP contribution is -2.19. The summed E-state index contributed by atoms with van der Waals surface area (Å²) in [6.07, 6.45) is 0.677. The largest absolute Gasteiger partial charge is 0.462 e. The molecule has 0 aliphatic rings. The van der Waals surface area contributed by atoms with Crippen molar-refractivity contribution in [2.75, 3.05) is 16.6 Å². The van der Waals surface area contributed by atoms with E-state index in [1.54, 1.807) is 19.1 Å². The summed E-state index contributed by atoms with van der Waals surface area (Å²) in [5.74, 6) is -1.12. The number of benzene rings is 2. The van der Waals surface area contributed by atoms with Gasteiger partial charge in [-0.3, -0.25) is 9.52 Å². The highest BCUT2D eigenvalue weighted by atomic mass is 79.9. The summed E-state index contributed by atoms with van der Waals surface area (Å²) in [7, 11) is -3.98. The first-order valence-electron chi connectivity index (χ1n) is 9.83. The second-order valence-corrected chi connectivity index (χ2v) is 10.9. The van der Waals surface area contributed by atoms with Gasteiger partial charge in [0.15, 0.2) is 0 Å². The van der Waals surface area contributed by atoms with Crippen LogP contribution in [0.15, 0.2) is 57.9 Å². The number of ether oxygens (including phenoxy) is 1. The molecule has 0 aliphatic heterocycles. The fourth-order valence-electron chi connectivity index (χ4n) is 2.85. The number of hydrogen-bond acceptors (Lipinski definition) is 6. The number of carbonyl (C=O) groups is 2. The van der Waals surface area contributed by atoms with Gasteiger partial charge in [-0.05, 0) is 61.9 Å². The number of amides is 1. The lowest BCUT2D eigenvalue weighted by molar-refractivity contribution is 0.0528. The monoisotopic (exact) mass is 570 g/mol. The smallest absolute Gasteiger partial charge is 0.341 e. The molecule has 0 fully saturated rings. The number of nitrogens with one attached hydrogen (secondary N) is 2. The van der Waals surface area contributed by atoms with Crippen LogP contribution in [0.4, 0.5) is 10.7 Å². The van der Waals surface area contributed by atoms with Gasteiger partial charge in [0.25, 0.3) is 15.9 Å². The predicted octanol–water partition coefficient (Wildman–Crippen LogP) is 5.96. The number of halogens is 2. The van der Waals surface area contributed by atoms with E-state index in [0.29, 0.717) is 20.9 Å². The fraction of sp³-hybridized carbons (Fsp3) is 0.182. The number of sulfonamides is 1. The molecule has 0 saturated heterocycles. The van der Waals surface area contributed by atoms with E-state index in [4.69, 9.17) is 16.3 Å². The van der Waals surface area contributed by atoms with Gasteiger partial charge in [0, 0.05) is 14.4 Å². The summed E-state index contributed by atoms with van der Waals surface area (Å²) in [5.41, 5.74) is 0.407. The van der Waals surface area contributed by atoms with Gasteiger partial charge in [0.2, 0.25) is 0 Å². The normalized spacial score (nSPS) is 11.2. The van der Waals surface area contributed by atoms with E-state index in [1.165, 1.54) is 47.7 Å². The van der Waals surface area contributed by atoms with Crippen molar-refractivity contribution in [3.63, 3.8) is 0 Å². The molecule has 1 amide bonds. The highest BCUT2D eigenvalue weighted by Gasteiger charge is 2.23. The molecule has 3 aromatic rings. The number of carbonyl (C=O) groups excluding carboxylic acids is 2. The standard InChI is InChI=1S/C22H20BrClN2O5S2/c1-3-15-12-18(22(28)31-4-2)21(32-15)25-20(27)17-11-13(23)5-10-19(17)26-33(29,30)16-8-6-14(24)7-9-16/h5-12,26H,3-4H2,1-2H3,(H,25,27). The minimum atomic E-state index is -3.98. The first kappa shape index (κ1) is 25.2. The molecular formula is C22H20BrClN2O5S2. The summed E-state index contributed by atoms with van der Waals surface area (Å²) in [5, 5.41) is 3.46. The van der Waals surface area contributed by atoms with Crippen LogP contribution in [0.5, 0.6) is 0 Å². The maximum Gasteiger partial charge on any atom is 0.341 e. The third-order valence-corrected chi connectivity index (χ3v) is 7.77. The average Bonchev–Trinajstić information content (AvgIpc) is 3.18. The molecule has 0 unspecified atom stereocenters. The van der Waals surface area contributed by atoms with Crippen LogP contribution in [0, 0.1) is 0 Å². The van der Waals surface area contributed by atoms with E-state index in [1.807, 2.05) is 6.92 Å². The summed E-state index contributed by atoms with van der Waals surface area (Å²) >= 11 is 10.4. The third kappa shape index (κ3) is 6.14. The highest BCUT2D eigenvalue weighted by molar-refractivity contribution is 9.10. The molecule has 0 bridgehead atoms. The molecule has 1 heterocycles. The summed E-state index contributed by atoms with van der Waals surface area (Å²) in [6.45, 7) is 3.83. The minimum Gasteiger partial charge on any atom is -0.462 e. The van der Waals surface area contributed by atoms with Gasteiger partial charge < -0.3 is 10.1 Å². The average molecular weight is 572 g/mol. The maximum atomic E-state index is 13.2. The molecule has 0 radical (unpaired) electrons. The van der Waals surface area contributed by atoms with Crippen molar-refractivity contribution in [1.29, 1.82) is 0 Å². The van der Waals surface area contributed by atoms with Crippen molar-refractivity contribution in [3.8, 4) is 0 Å². The Morgan fingerprint density at radius 3 is 2.39 bits per heavy atom. The summed E-state index contributed by atoms with van der Waals surface area (Å²) < 4.78 is 33.8. The SMILES string of the molecule is CCOC(=O)c1cc(CC)sc1NC(=O)c1cc(Br)ccc1NS(=O)(=O)c1ccc(Cl)cc1. The molecule has 11 heteroatoms. The van der Waals surface area contributed by atoms with Crippen LogP contribution < -0.4 is 10.0 Å². The number of anilines is 2. The van der Waals surface area contributed by atoms with Crippen LogP contribution in [-0.4, -0.2) is 26.9 Å². The van der Waals surface area contributed by atoms with Crippen LogP contribution in [0.25, 0.3) is 0 Å². The van der Waals surface area contributed by atoms with Crippen molar-refractivity contribution in [1.82, 2.24) is 0 Å². The molecule has 3 rings (SSSR count). The van der Waals surface area contributed by atoms with Crippen molar-refractivity contribution in [3.05, 3.63) is 74.0 Å². The zero-order chi connectivity index (χ0) is 24.2. The Bertz CT molecular complexity index is 1290. The number of aryl methyl sites for hydroxylation is 1. The summed E-state index contributed by atoms with van der Waals surface area (Å²) in [6, 6.07) is 11.9. The Labute approximate surface area is 209 Å². The number of hydrogen-bond donors (Lipinski definition) is 2. The zero-order valence-electron chi connectivity index (χ0n) is 17.6. The van der Waals surface area contributed by atoms with Crippen LogP contribution in [0.1, 0.15) is 39.4 Å². The van der Waals surface area contributed by atoms with Gasteiger partial charge >= 0.3 is 5.97 Å². The van der Waals surface area contributed by atoms with Gasteiger partial charge in [0.05, 0.1) is 28.3 Å². The Kier molecular flexibility index (Phi) is 8.17. The van der Waals surface area contributed by atoms with Crippen molar-refractivity contribution in [2.45, 2.75) is 25.2 Å². The van der Waals surface area contributed by atoms with Gasteiger partial charge in [0.1, 0.15) is 5.00 Å². The molecule has 33 heavy (non-hydrogen) atoms. The molecule has 1 aromatic heterocycles. The Morgan fingerprint density at radius 1 is 1.06 bits per heavy atom. The number of rotatable bonds is 8. The van der Waals surface area contributed by atoms with Gasteiger partial charge in [-0.25, -0.2) is 13.2 Å². The van der Waals surface area contributed by atoms with E-state index in [2.05, 4.69) is 26.0 Å². The van der Waals surface area contributed by atoms with Gasteiger partial charge in [-0.15, -0.1) is 11.3 Å². The molecular weight excluding hydrogens is 552 g/mol. The first-order chi connectivity index (χ1) is 15.6. The lowest BCUT2D eigenvalue weighted by atomic mass is 10.1. The van der Waals surface area contributed by atoms with Gasteiger partial charge in [-0.2, -0.15) is 0 Å². The Morgan fingerprint density at radius 2 is 1.76 bits per heavy atom. The van der Waals surface area contributed by atoms with Crippen molar-refractivity contribution < 1.29 is 22.7 Å². The van der Waals surface area contributed by atoms with Crippen molar-refractivity contribution >= 4 is 71.5 Å².